The summed E-state index contributed by atoms with van der Waals surface area (Å²) in [5, 5.41) is 10.7. The number of aryl methyl sites for hydroxylation is 1. The third-order valence-corrected chi connectivity index (χ3v) is 4.70. The topological polar surface area (TPSA) is 124 Å². The molecule has 0 spiro atoms. The summed E-state index contributed by atoms with van der Waals surface area (Å²) < 4.78 is 10.4. The van der Waals surface area contributed by atoms with Crippen molar-refractivity contribution in [3.05, 3.63) is 34.8 Å². The van der Waals surface area contributed by atoms with Crippen LogP contribution in [0.15, 0.2) is 17.8 Å². The van der Waals surface area contributed by atoms with Gasteiger partial charge in [0.2, 0.25) is 0 Å². The Labute approximate surface area is 153 Å². The highest BCUT2D eigenvalue weighted by atomic mass is 16.5. The second kappa shape index (κ2) is 8.98. The number of rotatable bonds is 6. The van der Waals surface area contributed by atoms with Crippen molar-refractivity contribution in [2.45, 2.75) is 25.7 Å². The van der Waals surface area contributed by atoms with Gasteiger partial charge in [-0.1, -0.05) is 6.07 Å². The number of esters is 1. The molecule has 1 aromatic rings. The highest BCUT2D eigenvalue weighted by Crippen LogP contribution is 2.32. The molecule has 144 valence electrons. The van der Waals surface area contributed by atoms with E-state index in [9.17, 15) is 9.90 Å². The fourth-order valence-electron chi connectivity index (χ4n) is 3.28. The van der Waals surface area contributed by atoms with Crippen molar-refractivity contribution in [2.75, 3.05) is 34.0 Å². The normalized spacial score (nSPS) is 21.1. The lowest BCUT2D eigenvalue weighted by Crippen LogP contribution is -2.30. The summed E-state index contributed by atoms with van der Waals surface area (Å²) in [7, 11) is 3.01. The maximum absolute atomic E-state index is 11.5. The third kappa shape index (κ3) is 4.72. The Hall–Kier alpha value is -2.16. The van der Waals surface area contributed by atoms with Gasteiger partial charge in [-0.2, -0.15) is 0 Å². The molecule has 1 aliphatic heterocycles. The first-order chi connectivity index (χ1) is 12.4. The molecule has 2 unspecified atom stereocenters. The molecule has 0 aliphatic carbocycles. The summed E-state index contributed by atoms with van der Waals surface area (Å²) in [6.45, 7) is 2.81. The fraction of sp³-hybridized carbons (Fsp3) is 0.556. The molecule has 0 radical (unpaired) electrons. The van der Waals surface area contributed by atoms with E-state index in [1.165, 1.54) is 12.1 Å². The molecule has 1 aromatic heterocycles. The van der Waals surface area contributed by atoms with Crippen LogP contribution in [-0.2, 0) is 14.3 Å². The van der Waals surface area contributed by atoms with Gasteiger partial charge in [-0.25, -0.2) is 5.84 Å². The van der Waals surface area contributed by atoms with Gasteiger partial charge < -0.3 is 25.3 Å². The van der Waals surface area contributed by atoms with Gasteiger partial charge in [0.05, 0.1) is 43.8 Å². The highest BCUT2D eigenvalue weighted by molar-refractivity contribution is 5.69. The van der Waals surface area contributed by atoms with E-state index in [0.717, 1.165) is 17.7 Å². The molecule has 26 heavy (non-hydrogen) atoms. The molecule has 0 bridgehead atoms. The van der Waals surface area contributed by atoms with E-state index < -0.39 is 0 Å². The lowest BCUT2D eigenvalue weighted by Gasteiger charge is -2.29. The number of pyridine rings is 1. The van der Waals surface area contributed by atoms with Crippen LogP contribution in [0.5, 0.6) is 0 Å². The largest absolute Gasteiger partial charge is 0.469 e. The number of ether oxygens (including phenoxy) is 2. The molecule has 1 saturated heterocycles. The number of aliphatic hydroxyl groups excluding tert-OH is 1. The predicted molar refractivity (Wildman–Crippen MR) is 97.4 cm³/mol. The molecule has 8 nitrogen and oxygen atoms in total. The number of aromatic nitrogens is 1. The number of aliphatic hydroxyl groups is 1. The Balaban J connectivity index is 2.20. The summed E-state index contributed by atoms with van der Waals surface area (Å²) in [6, 6.07) is 3.80. The van der Waals surface area contributed by atoms with Crippen molar-refractivity contribution in [2.24, 2.45) is 17.5 Å². The van der Waals surface area contributed by atoms with Gasteiger partial charge in [0.25, 0.3) is 0 Å². The minimum absolute atomic E-state index is 0.136. The molecule has 1 fully saturated rings. The standard InChI is InChI=1S/C18H28N4O4/c1-11-14(13-6-12(9-26-10-13)7-17(24)25-3)4-5-15(21-11)18(19)16(8-23)22(2)20/h4-5,12-13,23H,6-10,19-20H2,1-3H3/b18-16-. The minimum Gasteiger partial charge on any atom is -0.469 e. The van der Waals surface area contributed by atoms with Crippen molar-refractivity contribution >= 4 is 11.7 Å². The molecule has 0 aromatic carbocycles. The molecular weight excluding hydrogens is 336 g/mol. The maximum Gasteiger partial charge on any atom is 0.305 e. The van der Waals surface area contributed by atoms with Crippen molar-refractivity contribution < 1.29 is 19.4 Å². The van der Waals surface area contributed by atoms with E-state index in [4.69, 9.17) is 21.1 Å². The highest BCUT2D eigenvalue weighted by Gasteiger charge is 2.27. The number of methoxy groups -OCH3 is 1. The van der Waals surface area contributed by atoms with Gasteiger partial charge in [-0.15, -0.1) is 0 Å². The first-order valence-corrected chi connectivity index (χ1v) is 8.57. The van der Waals surface area contributed by atoms with Gasteiger partial charge in [0.15, 0.2) is 0 Å². The molecule has 0 amide bonds. The quantitative estimate of drug-likeness (QED) is 0.379. The van der Waals surface area contributed by atoms with Crippen molar-refractivity contribution in [1.29, 1.82) is 0 Å². The number of carbonyl (C=O) groups excluding carboxylic acids is 1. The van der Waals surface area contributed by atoms with Gasteiger partial charge in [0.1, 0.15) is 0 Å². The summed E-state index contributed by atoms with van der Waals surface area (Å²) >= 11 is 0. The second-order valence-corrected chi connectivity index (χ2v) is 6.62. The third-order valence-electron chi connectivity index (χ3n) is 4.70. The van der Waals surface area contributed by atoms with E-state index in [1.807, 2.05) is 19.1 Å². The van der Waals surface area contributed by atoms with Gasteiger partial charge in [-0.3, -0.25) is 9.78 Å². The zero-order valence-electron chi connectivity index (χ0n) is 15.6. The number of nitrogens with zero attached hydrogens (tertiary/aromatic N) is 2. The van der Waals surface area contributed by atoms with Crippen LogP contribution in [0.1, 0.15) is 35.7 Å². The Morgan fingerprint density at radius 3 is 2.77 bits per heavy atom. The van der Waals surface area contributed by atoms with Gasteiger partial charge in [0, 0.05) is 25.3 Å². The van der Waals surface area contributed by atoms with Crippen molar-refractivity contribution in [3.8, 4) is 0 Å². The van der Waals surface area contributed by atoms with Crippen LogP contribution in [-0.4, -0.2) is 55.0 Å². The van der Waals surface area contributed by atoms with Crippen LogP contribution < -0.4 is 11.6 Å². The average molecular weight is 364 g/mol. The molecule has 2 rings (SSSR count). The zero-order valence-corrected chi connectivity index (χ0v) is 15.6. The van der Waals surface area contributed by atoms with Crippen LogP contribution in [0.25, 0.3) is 5.70 Å². The second-order valence-electron chi connectivity index (χ2n) is 6.62. The summed E-state index contributed by atoms with van der Waals surface area (Å²) in [5.41, 5.74) is 9.33. The van der Waals surface area contributed by atoms with Crippen molar-refractivity contribution in [3.63, 3.8) is 0 Å². The first-order valence-electron chi connectivity index (χ1n) is 8.57. The zero-order chi connectivity index (χ0) is 19.3. The van der Waals surface area contributed by atoms with Gasteiger partial charge in [-0.05, 0) is 30.9 Å². The molecule has 8 heteroatoms. The Bertz CT molecular complexity index is 675. The number of hydrogen-bond donors (Lipinski definition) is 3. The predicted octanol–water partition coefficient (Wildman–Crippen LogP) is 0.498. The summed E-state index contributed by atoms with van der Waals surface area (Å²) in [5.74, 6) is 5.77. The minimum atomic E-state index is -0.271. The monoisotopic (exact) mass is 364 g/mol. The fourth-order valence-corrected chi connectivity index (χ4v) is 3.28. The van der Waals surface area contributed by atoms with E-state index in [-0.39, 0.29) is 24.4 Å². The average Bonchev–Trinajstić information content (AvgIpc) is 2.61. The Kier molecular flexibility index (Phi) is 6.96. The number of hydrazine groups is 1. The van der Waals surface area contributed by atoms with E-state index >= 15 is 0 Å². The van der Waals surface area contributed by atoms with Crippen LogP contribution in [0, 0.1) is 12.8 Å². The first kappa shape index (κ1) is 20.2. The van der Waals surface area contributed by atoms with Crippen LogP contribution >= 0.6 is 0 Å². The van der Waals surface area contributed by atoms with Crippen LogP contribution in [0.3, 0.4) is 0 Å². The van der Waals surface area contributed by atoms with Crippen LogP contribution in [0.4, 0.5) is 0 Å². The lowest BCUT2D eigenvalue weighted by molar-refractivity contribution is -0.143. The summed E-state index contributed by atoms with van der Waals surface area (Å²) in [4.78, 5) is 16.1. The van der Waals surface area contributed by atoms with Gasteiger partial charge >= 0.3 is 5.97 Å². The van der Waals surface area contributed by atoms with E-state index in [2.05, 4.69) is 4.98 Å². The number of hydrogen-bond acceptors (Lipinski definition) is 8. The van der Waals surface area contributed by atoms with E-state index in [1.54, 1.807) is 7.05 Å². The van der Waals surface area contributed by atoms with E-state index in [0.29, 0.717) is 36.7 Å². The van der Waals surface area contributed by atoms with Crippen LogP contribution in [0.2, 0.25) is 0 Å². The molecule has 5 N–H and O–H groups in total. The summed E-state index contributed by atoms with van der Waals surface area (Å²) in [6.07, 6.45) is 1.20. The maximum atomic E-state index is 11.5. The number of nitrogens with two attached hydrogens (primary N) is 2. The Morgan fingerprint density at radius 2 is 2.19 bits per heavy atom. The lowest BCUT2D eigenvalue weighted by atomic mass is 9.85. The smallest absolute Gasteiger partial charge is 0.305 e. The molecular formula is C18H28N4O4. The number of carbonyl (C=O) groups is 1. The number of likely N-dealkylation sites (N-methyl/N-ethyl adjacent to an activating group) is 1. The SMILES string of the molecule is COC(=O)CC1COCC(c2ccc(/C(N)=C(\CO)N(C)N)nc2C)C1. The molecule has 0 saturated carbocycles. The Morgan fingerprint density at radius 1 is 1.46 bits per heavy atom. The molecule has 1 aliphatic rings. The molecule has 2 heterocycles. The molecule has 2 atom stereocenters. The van der Waals surface area contributed by atoms with Crippen molar-refractivity contribution in [1.82, 2.24) is 9.99 Å².